The summed E-state index contributed by atoms with van der Waals surface area (Å²) in [4.78, 5) is 27.1. The number of fused-ring (bicyclic) bond motifs is 1. The number of aliphatic hydroxyl groups excluding tert-OH is 2. The highest BCUT2D eigenvalue weighted by Crippen LogP contribution is 2.45. The minimum absolute atomic E-state index is 0.0200. The smallest absolute Gasteiger partial charge is 0.264 e. The van der Waals surface area contributed by atoms with E-state index in [1.165, 1.54) is 6.92 Å². The van der Waals surface area contributed by atoms with Crippen LogP contribution in [0.4, 0.5) is 11.4 Å². The number of amides is 2. The van der Waals surface area contributed by atoms with Crippen LogP contribution < -0.4 is 10.2 Å². The number of nitrogens with zero attached hydrogens (tertiary/aromatic N) is 4. The molecule has 4 N–H and O–H groups in total. The first-order chi connectivity index (χ1) is 18.2. The Morgan fingerprint density at radius 2 is 1.97 bits per heavy atom. The number of nitrogens with one attached hydrogen (secondary N) is 1. The molecule has 3 aromatic rings. The van der Waals surface area contributed by atoms with Crippen molar-refractivity contribution < 1.29 is 24.9 Å². The number of aromatic nitrogens is 3. The van der Waals surface area contributed by atoms with E-state index in [4.69, 9.17) is 5.11 Å². The van der Waals surface area contributed by atoms with E-state index in [9.17, 15) is 19.8 Å². The van der Waals surface area contributed by atoms with Gasteiger partial charge in [-0.15, -0.1) is 5.10 Å². The Balaban J connectivity index is 1.48. The molecule has 200 valence electrons. The highest BCUT2D eigenvalue weighted by atomic mass is 16.3. The summed E-state index contributed by atoms with van der Waals surface area (Å²) in [6, 6.07) is 14.3. The van der Waals surface area contributed by atoms with Crippen molar-refractivity contribution in [1.82, 2.24) is 15.0 Å². The second kappa shape index (κ2) is 11.7. The zero-order valence-electron chi connectivity index (χ0n) is 21.5. The van der Waals surface area contributed by atoms with E-state index in [0.29, 0.717) is 36.3 Å². The summed E-state index contributed by atoms with van der Waals surface area (Å²) in [6.45, 7) is 4.01. The first-order valence-corrected chi connectivity index (χ1v) is 12.6. The van der Waals surface area contributed by atoms with Crippen molar-refractivity contribution in [2.75, 3.05) is 16.8 Å². The molecular formula is C28H33N5O5. The molecule has 1 aliphatic heterocycles. The normalized spacial score (nSPS) is 18.6. The number of rotatable bonds is 11. The third kappa shape index (κ3) is 5.67. The number of anilines is 2. The maximum absolute atomic E-state index is 13.7. The Labute approximate surface area is 221 Å². The third-order valence-corrected chi connectivity index (χ3v) is 6.65. The van der Waals surface area contributed by atoms with E-state index < -0.39 is 29.4 Å². The minimum atomic E-state index is -1.73. The number of aliphatic hydroxyl groups is 3. The molecule has 0 radical (unpaired) electrons. The lowest BCUT2D eigenvalue weighted by atomic mass is 9.83. The van der Waals surface area contributed by atoms with Gasteiger partial charge in [-0.3, -0.25) is 14.3 Å². The van der Waals surface area contributed by atoms with Crippen LogP contribution in [0.2, 0.25) is 0 Å². The number of hydrogen-bond acceptors (Lipinski definition) is 7. The summed E-state index contributed by atoms with van der Waals surface area (Å²) in [7, 11) is 0. The topological polar surface area (TPSA) is 141 Å². The molecule has 1 aliphatic rings. The average molecular weight is 520 g/mol. The Bertz CT molecular complexity index is 1320. The molecule has 10 heteroatoms. The maximum Gasteiger partial charge on any atom is 0.264 e. The summed E-state index contributed by atoms with van der Waals surface area (Å²) in [5.74, 6) is -1.44. The molecule has 2 heterocycles. The van der Waals surface area contributed by atoms with Crippen LogP contribution in [0.1, 0.15) is 37.1 Å². The molecule has 38 heavy (non-hydrogen) atoms. The molecule has 0 bridgehead atoms. The molecular weight excluding hydrogens is 486 g/mol. The lowest BCUT2D eigenvalue weighted by molar-refractivity contribution is -0.139. The predicted molar refractivity (Wildman–Crippen MR) is 142 cm³/mol. The van der Waals surface area contributed by atoms with Crippen molar-refractivity contribution in [3.05, 3.63) is 83.7 Å². The van der Waals surface area contributed by atoms with E-state index in [0.717, 1.165) is 11.3 Å². The molecule has 0 saturated carbocycles. The Morgan fingerprint density at radius 1 is 1.18 bits per heavy atom. The Kier molecular flexibility index (Phi) is 8.35. The zero-order valence-corrected chi connectivity index (χ0v) is 21.5. The predicted octanol–water partition coefficient (Wildman–Crippen LogP) is 2.15. The van der Waals surface area contributed by atoms with Crippen LogP contribution in [0, 0.1) is 5.92 Å². The number of benzene rings is 2. The first-order valence-electron chi connectivity index (χ1n) is 12.6. The quantitative estimate of drug-likeness (QED) is 0.285. The fourth-order valence-corrected chi connectivity index (χ4v) is 4.56. The van der Waals surface area contributed by atoms with Crippen LogP contribution in [0.5, 0.6) is 0 Å². The van der Waals surface area contributed by atoms with E-state index in [-0.39, 0.29) is 13.2 Å². The average Bonchev–Trinajstić information content (AvgIpc) is 3.44. The van der Waals surface area contributed by atoms with Gasteiger partial charge < -0.3 is 25.5 Å². The highest BCUT2D eigenvalue weighted by Gasteiger charge is 2.52. The van der Waals surface area contributed by atoms with Crippen molar-refractivity contribution in [2.24, 2.45) is 5.92 Å². The zero-order chi connectivity index (χ0) is 27.3. The molecule has 4 rings (SSSR count). The van der Waals surface area contributed by atoms with E-state index in [1.54, 1.807) is 46.1 Å². The van der Waals surface area contributed by atoms with Crippen LogP contribution in [0.15, 0.2) is 66.9 Å². The highest BCUT2D eigenvalue weighted by molar-refractivity contribution is 6.07. The van der Waals surface area contributed by atoms with Crippen LogP contribution in [-0.4, -0.2) is 54.8 Å². The fraction of sp³-hybridized carbons (Fsp3) is 0.357. The molecule has 0 saturated heterocycles. The maximum atomic E-state index is 13.7. The summed E-state index contributed by atoms with van der Waals surface area (Å²) in [5, 5.41) is 41.0. The Morgan fingerprint density at radius 3 is 2.74 bits per heavy atom. The molecule has 0 unspecified atom stereocenters. The molecule has 10 nitrogen and oxygen atoms in total. The number of para-hydroxylation sites is 1. The van der Waals surface area contributed by atoms with E-state index in [2.05, 4.69) is 15.6 Å². The number of allylic oxidation sites excluding steroid dienone is 1. The van der Waals surface area contributed by atoms with Gasteiger partial charge in [0.25, 0.3) is 11.8 Å². The van der Waals surface area contributed by atoms with Gasteiger partial charge in [-0.2, -0.15) is 0 Å². The first kappa shape index (κ1) is 27.2. The fourth-order valence-electron chi connectivity index (χ4n) is 4.56. The number of hydrogen-bond donors (Lipinski definition) is 4. The van der Waals surface area contributed by atoms with Crippen molar-refractivity contribution in [2.45, 2.75) is 51.5 Å². The largest absolute Gasteiger partial charge is 0.396 e. The Hall–Kier alpha value is -3.86. The standard InChI is InChI=1S/C28H33N5O5/c1-19(8-5-6-14-32-18-23(13-15-34)30-31-32)28(38)24-11-3-4-12-25(24)33(27(28)37)17-21-9-7-10-22(16-21)29-26(36)20(2)35/h3-5,7-12,16,18-20,34-35,38H,6,13-15,17H2,1-2H3,(H,29,36)/b8-5+/t19-,20-,28+/m0/s1. The van der Waals surface area contributed by atoms with Gasteiger partial charge in [0.15, 0.2) is 5.60 Å². The molecule has 2 aromatic carbocycles. The van der Waals surface area contributed by atoms with Crippen LogP contribution in [-0.2, 0) is 34.7 Å². The molecule has 2 amide bonds. The van der Waals surface area contributed by atoms with Crippen LogP contribution >= 0.6 is 0 Å². The third-order valence-electron chi connectivity index (χ3n) is 6.65. The molecule has 0 spiro atoms. The van der Waals surface area contributed by atoms with Gasteiger partial charge in [0, 0.05) is 42.9 Å². The second-order valence-electron chi connectivity index (χ2n) is 9.49. The van der Waals surface area contributed by atoms with Crippen LogP contribution in [0.3, 0.4) is 0 Å². The van der Waals surface area contributed by atoms with E-state index in [1.807, 2.05) is 37.3 Å². The monoisotopic (exact) mass is 519 g/mol. The number of aryl methyl sites for hydroxylation is 1. The molecule has 0 fully saturated rings. The summed E-state index contributed by atoms with van der Waals surface area (Å²) in [5.41, 5.74) is 1.45. The van der Waals surface area contributed by atoms with Gasteiger partial charge in [-0.1, -0.05) is 54.6 Å². The van der Waals surface area contributed by atoms with Crippen molar-refractivity contribution in [3.63, 3.8) is 0 Å². The summed E-state index contributed by atoms with van der Waals surface area (Å²) >= 11 is 0. The minimum Gasteiger partial charge on any atom is -0.396 e. The van der Waals surface area contributed by atoms with Crippen molar-refractivity contribution >= 4 is 23.2 Å². The number of carbonyl (C=O) groups is 2. The van der Waals surface area contributed by atoms with Crippen molar-refractivity contribution in [1.29, 1.82) is 0 Å². The van der Waals surface area contributed by atoms with Crippen molar-refractivity contribution in [3.8, 4) is 0 Å². The van der Waals surface area contributed by atoms with Gasteiger partial charge >= 0.3 is 0 Å². The second-order valence-corrected chi connectivity index (χ2v) is 9.49. The van der Waals surface area contributed by atoms with Gasteiger partial charge in [0.05, 0.1) is 17.9 Å². The van der Waals surface area contributed by atoms with Gasteiger partial charge in [0.2, 0.25) is 0 Å². The lowest BCUT2D eigenvalue weighted by Crippen LogP contribution is -2.44. The molecule has 1 aromatic heterocycles. The number of carbonyl (C=O) groups excluding carboxylic acids is 2. The van der Waals surface area contributed by atoms with E-state index >= 15 is 0 Å². The van der Waals surface area contributed by atoms with Gasteiger partial charge in [-0.25, -0.2) is 0 Å². The van der Waals surface area contributed by atoms with Gasteiger partial charge in [-0.05, 0) is 37.1 Å². The SMILES string of the molecule is C[C@H](O)C(=O)Nc1cccc(CN2C(=O)[C@@](O)([C@@H](C)/C=C/CCn3cc(CCO)nn3)c3ccccc32)c1. The van der Waals surface area contributed by atoms with Crippen LogP contribution in [0.25, 0.3) is 0 Å². The summed E-state index contributed by atoms with van der Waals surface area (Å²) in [6.07, 6.45) is 5.50. The van der Waals surface area contributed by atoms with Gasteiger partial charge in [0.1, 0.15) is 6.10 Å². The molecule has 0 aliphatic carbocycles. The lowest BCUT2D eigenvalue weighted by Gasteiger charge is -2.27. The molecule has 3 atom stereocenters. The summed E-state index contributed by atoms with van der Waals surface area (Å²) < 4.78 is 1.70.